The third-order valence-electron chi connectivity index (χ3n) is 3.52. The second-order valence-electron chi connectivity index (χ2n) is 6.04. The number of hydrogen-bond donors (Lipinski definition) is 0. The van der Waals surface area contributed by atoms with Gasteiger partial charge in [-0.15, -0.1) is 0 Å². The Hall–Kier alpha value is -2.51. The fourth-order valence-corrected chi connectivity index (χ4v) is 2.26. The molecular weight excluding hydrogens is 347 g/mol. The fraction of sp³-hybridized carbons (Fsp3) is 0.444. The third kappa shape index (κ3) is 4.77. The number of alkyl halides is 3. The molecule has 1 heterocycles. The summed E-state index contributed by atoms with van der Waals surface area (Å²) in [4.78, 5) is 9.64. The topological polar surface area (TPSA) is 47.5 Å². The lowest BCUT2D eigenvalue weighted by atomic mass is 10.2. The van der Waals surface area contributed by atoms with Crippen molar-refractivity contribution in [1.82, 2.24) is 9.97 Å². The highest BCUT2D eigenvalue weighted by Gasteiger charge is 2.36. The lowest BCUT2D eigenvalue weighted by Gasteiger charge is -2.23. The number of anilines is 2. The SMILES string of the molecule is CCN(c1cccc(OC)c1)c1ncc(C(F)(F)F)c(OCC(C)C)n1. The molecule has 0 atom stereocenters. The van der Waals surface area contributed by atoms with Crippen LogP contribution >= 0.6 is 0 Å². The van der Waals surface area contributed by atoms with Crippen LogP contribution in [0.5, 0.6) is 11.6 Å². The standard InChI is InChI=1S/C18H22F3N3O2/c1-5-24(13-7-6-8-14(9-13)25-4)17-22-10-15(18(19,20)21)16(23-17)26-11-12(2)3/h6-10,12H,5,11H2,1-4H3. The van der Waals surface area contributed by atoms with Crippen LogP contribution in [0.4, 0.5) is 24.8 Å². The van der Waals surface area contributed by atoms with E-state index < -0.39 is 17.6 Å². The summed E-state index contributed by atoms with van der Waals surface area (Å²) in [5, 5.41) is 0. The molecule has 0 fully saturated rings. The summed E-state index contributed by atoms with van der Waals surface area (Å²) in [6.07, 6.45) is -3.82. The van der Waals surface area contributed by atoms with Crippen LogP contribution in [0.2, 0.25) is 0 Å². The third-order valence-corrected chi connectivity index (χ3v) is 3.52. The van der Waals surface area contributed by atoms with Gasteiger partial charge in [-0.25, -0.2) is 4.98 Å². The Kier molecular flexibility index (Phi) is 6.28. The Morgan fingerprint density at radius 2 is 1.96 bits per heavy atom. The van der Waals surface area contributed by atoms with Crippen molar-refractivity contribution in [2.75, 3.05) is 25.2 Å². The molecule has 0 N–H and O–H groups in total. The average Bonchev–Trinajstić information content (AvgIpc) is 2.60. The van der Waals surface area contributed by atoms with Crippen molar-refractivity contribution in [2.24, 2.45) is 5.92 Å². The number of nitrogens with zero attached hydrogens (tertiary/aromatic N) is 3. The van der Waals surface area contributed by atoms with Crippen LogP contribution in [0.15, 0.2) is 30.5 Å². The van der Waals surface area contributed by atoms with E-state index in [1.165, 1.54) is 0 Å². The monoisotopic (exact) mass is 369 g/mol. The van der Waals surface area contributed by atoms with Gasteiger partial charge in [-0.05, 0) is 25.0 Å². The quantitative estimate of drug-likeness (QED) is 0.708. The molecule has 2 rings (SSSR count). The Balaban J connectivity index is 2.44. The van der Waals surface area contributed by atoms with E-state index in [-0.39, 0.29) is 18.5 Å². The number of ether oxygens (including phenoxy) is 2. The van der Waals surface area contributed by atoms with Gasteiger partial charge in [0, 0.05) is 24.5 Å². The van der Waals surface area contributed by atoms with Gasteiger partial charge < -0.3 is 14.4 Å². The van der Waals surface area contributed by atoms with Gasteiger partial charge in [-0.2, -0.15) is 18.2 Å². The zero-order valence-corrected chi connectivity index (χ0v) is 15.2. The van der Waals surface area contributed by atoms with Gasteiger partial charge in [-0.3, -0.25) is 0 Å². The lowest BCUT2D eigenvalue weighted by Crippen LogP contribution is -2.21. The Morgan fingerprint density at radius 3 is 2.54 bits per heavy atom. The highest BCUT2D eigenvalue weighted by atomic mass is 19.4. The molecule has 0 radical (unpaired) electrons. The summed E-state index contributed by atoms with van der Waals surface area (Å²) in [5.74, 6) is 0.365. The smallest absolute Gasteiger partial charge is 0.423 e. The van der Waals surface area contributed by atoms with E-state index in [0.29, 0.717) is 18.0 Å². The lowest BCUT2D eigenvalue weighted by molar-refractivity contribution is -0.139. The van der Waals surface area contributed by atoms with Gasteiger partial charge in [0.25, 0.3) is 0 Å². The van der Waals surface area contributed by atoms with Crippen LogP contribution in [0.3, 0.4) is 0 Å². The van der Waals surface area contributed by atoms with Crippen molar-refractivity contribution in [3.63, 3.8) is 0 Å². The molecule has 1 aromatic carbocycles. The molecule has 2 aromatic rings. The number of methoxy groups -OCH3 is 1. The van der Waals surface area contributed by atoms with Crippen LogP contribution in [0.1, 0.15) is 26.3 Å². The van der Waals surface area contributed by atoms with E-state index >= 15 is 0 Å². The summed E-state index contributed by atoms with van der Waals surface area (Å²) in [6.45, 7) is 6.15. The van der Waals surface area contributed by atoms with Crippen LogP contribution in [0, 0.1) is 5.92 Å². The van der Waals surface area contributed by atoms with E-state index in [2.05, 4.69) is 9.97 Å². The highest BCUT2D eigenvalue weighted by molar-refractivity contribution is 5.59. The molecule has 26 heavy (non-hydrogen) atoms. The average molecular weight is 369 g/mol. The van der Waals surface area contributed by atoms with Gasteiger partial charge in [0.1, 0.15) is 11.3 Å². The zero-order chi connectivity index (χ0) is 19.3. The minimum Gasteiger partial charge on any atom is -0.497 e. The maximum atomic E-state index is 13.2. The first-order valence-corrected chi connectivity index (χ1v) is 8.24. The first kappa shape index (κ1) is 19.8. The van der Waals surface area contributed by atoms with Gasteiger partial charge in [0.2, 0.25) is 11.8 Å². The molecular formula is C18H22F3N3O2. The number of hydrogen-bond acceptors (Lipinski definition) is 5. The maximum Gasteiger partial charge on any atom is 0.423 e. The molecule has 0 aliphatic heterocycles. The Morgan fingerprint density at radius 1 is 1.23 bits per heavy atom. The van der Waals surface area contributed by atoms with Crippen molar-refractivity contribution in [1.29, 1.82) is 0 Å². The molecule has 0 spiro atoms. The van der Waals surface area contributed by atoms with Crippen molar-refractivity contribution in [3.05, 3.63) is 36.0 Å². The van der Waals surface area contributed by atoms with E-state index in [1.807, 2.05) is 26.8 Å². The molecule has 8 heteroatoms. The molecule has 0 aliphatic carbocycles. The maximum absolute atomic E-state index is 13.2. The molecule has 0 saturated heterocycles. The number of halogens is 3. The summed E-state index contributed by atoms with van der Waals surface area (Å²) < 4.78 is 50.2. The molecule has 142 valence electrons. The van der Waals surface area contributed by atoms with Gasteiger partial charge >= 0.3 is 6.18 Å². The second-order valence-corrected chi connectivity index (χ2v) is 6.04. The molecule has 0 bridgehead atoms. The van der Waals surface area contributed by atoms with Crippen LogP contribution < -0.4 is 14.4 Å². The molecule has 0 unspecified atom stereocenters. The molecule has 1 aromatic heterocycles. The van der Waals surface area contributed by atoms with Crippen LogP contribution in [-0.4, -0.2) is 30.2 Å². The van der Waals surface area contributed by atoms with E-state index in [0.717, 1.165) is 6.20 Å². The molecule has 5 nitrogen and oxygen atoms in total. The summed E-state index contributed by atoms with van der Waals surface area (Å²) in [7, 11) is 1.54. The minimum atomic E-state index is -4.59. The van der Waals surface area contributed by atoms with Crippen LogP contribution in [-0.2, 0) is 6.18 Å². The minimum absolute atomic E-state index is 0.0650. The highest BCUT2D eigenvalue weighted by Crippen LogP contribution is 2.36. The summed E-state index contributed by atoms with van der Waals surface area (Å²) in [5.41, 5.74) is -0.273. The first-order chi connectivity index (χ1) is 12.3. The van der Waals surface area contributed by atoms with Crippen LogP contribution in [0.25, 0.3) is 0 Å². The van der Waals surface area contributed by atoms with Crippen molar-refractivity contribution < 1.29 is 22.6 Å². The first-order valence-electron chi connectivity index (χ1n) is 8.24. The summed E-state index contributed by atoms with van der Waals surface area (Å²) in [6, 6.07) is 7.14. The Bertz CT molecular complexity index is 736. The zero-order valence-electron chi connectivity index (χ0n) is 15.2. The fourth-order valence-electron chi connectivity index (χ4n) is 2.26. The van der Waals surface area contributed by atoms with Gasteiger partial charge in [0.15, 0.2) is 0 Å². The second kappa shape index (κ2) is 8.25. The van der Waals surface area contributed by atoms with Crippen molar-refractivity contribution in [3.8, 4) is 11.6 Å². The largest absolute Gasteiger partial charge is 0.497 e. The number of benzene rings is 1. The number of aromatic nitrogens is 2. The normalized spacial score (nSPS) is 11.5. The molecule has 0 amide bonds. The van der Waals surface area contributed by atoms with Gasteiger partial charge in [-0.1, -0.05) is 19.9 Å². The van der Waals surface area contributed by atoms with E-state index in [1.54, 1.807) is 30.2 Å². The predicted octanol–water partition coefficient (Wildman–Crippen LogP) is 4.70. The van der Waals surface area contributed by atoms with Crippen molar-refractivity contribution >= 4 is 11.6 Å². The van der Waals surface area contributed by atoms with Gasteiger partial charge in [0.05, 0.1) is 13.7 Å². The number of rotatable bonds is 7. The molecule has 0 saturated carbocycles. The van der Waals surface area contributed by atoms with E-state index in [9.17, 15) is 13.2 Å². The predicted molar refractivity (Wildman–Crippen MR) is 93.0 cm³/mol. The Labute approximate surface area is 150 Å². The molecule has 0 aliphatic rings. The van der Waals surface area contributed by atoms with Crippen molar-refractivity contribution in [2.45, 2.75) is 26.9 Å². The van der Waals surface area contributed by atoms with E-state index in [4.69, 9.17) is 9.47 Å². The summed E-state index contributed by atoms with van der Waals surface area (Å²) >= 11 is 0.